The summed E-state index contributed by atoms with van der Waals surface area (Å²) in [6.45, 7) is 7.17. The maximum Gasteiger partial charge on any atom is 0.233 e. The van der Waals surface area contributed by atoms with E-state index >= 15 is 0 Å². The average Bonchev–Trinajstić information content (AvgIpc) is 3.88. The van der Waals surface area contributed by atoms with E-state index in [-0.39, 0.29) is 18.4 Å². The highest BCUT2D eigenvalue weighted by atomic mass is 79.9. The lowest BCUT2D eigenvalue weighted by Gasteiger charge is -2.05. The number of nitrogens with zero attached hydrogens (tertiary/aromatic N) is 3. The summed E-state index contributed by atoms with van der Waals surface area (Å²) in [5.74, 6) is 0.440. The van der Waals surface area contributed by atoms with Crippen LogP contribution in [-0.2, 0) is 0 Å². The van der Waals surface area contributed by atoms with E-state index in [0.29, 0.717) is 5.92 Å². The molecule has 0 aromatic rings. The van der Waals surface area contributed by atoms with Gasteiger partial charge < -0.3 is 4.85 Å². The summed E-state index contributed by atoms with van der Waals surface area (Å²) in [4.78, 5) is 3.77. The average molecular weight is 712 g/mol. The fourth-order valence-electron chi connectivity index (χ4n) is 5.28. The highest BCUT2D eigenvalue weighted by Crippen LogP contribution is 2.49. The predicted molar refractivity (Wildman–Crippen MR) is 190 cm³/mol. The Balaban J connectivity index is 0.000000717. The molecule has 0 aromatic carbocycles. The van der Waals surface area contributed by atoms with Crippen LogP contribution in [0.5, 0.6) is 0 Å². The van der Waals surface area contributed by atoms with Crippen LogP contribution in [0.1, 0.15) is 187 Å². The molecule has 0 amide bonds. The third-order valence-corrected chi connectivity index (χ3v) is 10.1. The number of hydrogen-bond acceptors (Lipinski definition) is 2. The minimum atomic E-state index is 0. The van der Waals surface area contributed by atoms with Crippen LogP contribution < -0.4 is 0 Å². The molecular weight excluding hydrogens is 646 g/mol. The van der Waals surface area contributed by atoms with E-state index in [2.05, 4.69) is 48.8 Å². The van der Waals surface area contributed by atoms with Gasteiger partial charge in [-0.25, -0.2) is 6.57 Å². The molecule has 0 bridgehead atoms. The molecular formula is C37H65Br2N3. The van der Waals surface area contributed by atoms with Crippen molar-refractivity contribution in [3.05, 3.63) is 11.4 Å². The summed E-state index contributed by atoms with van der Waals surface area (Å²) in [7, 11) is 0. The van der Waals surface area contributed by atoms with Crippen LogP contribution in [0.15, 0.2) is 0 Å². The second-order valence-corrected chi connectivity index (χ2v) is 14.7. The van der Waals surface area contributed by atoms with Gasteiger partial charge in [0.25, 0.3) is 0 Å². The summed E-state index contributed by atoms with van der Waals surface area (Å²) in [5, 5.41) is 19.3. The van der Waals surface area contributed by atoms with Crippen molar-refractivity contribution in [2.45, 2.75) is 193 Å². The molecule has 0 heterocycles. The number of nitriles is 2. The topological polar surface area (TPSA) is 51.9 Å². The van der Waals surface area contributed by atoms with E-state index < -0.39 is 0 Å². The first-order chi connectivity index (χ1) is 20.1. The zero-order valence-electron chi connectivity index (χ0n) is 26.4. The second kappa shape index (κ2) is 27.9. The van der Waals surface area contributed by atoms with Gasteiger partial charge in [-0.05, 0) is 51.4 Å². The zero-order chi connectivity index (χ0) is 29.9. The Morgan fingerprint density at radius 1 is 0.571 bits per heavy atom. The minimum absolute atomic E-state index is 0. The molecule has 5 heteroatoms. The van der Waals surface area contributed by atoms with Gasteiger partial charge in [-0.15, -0.1) is 0 Å². The molecule has 3 saturated carbocycles. The van der Waals surface area contributed by atoms with Gasteiger partial charge in [0, 0.05) is 35.8 Å². The summed E-state index contributed by atoms with van der Waals surface area (Å²) in [6, 6.07) is 4.63. The quantitative estimate of drug-likeness (QED) is 0.0569. The van der Waals surface area contributed by atoms with Crippen LogP contribution in [0.25, 0.3) is 4.85 Å². The van der Waals surface area contributed by atoms with Gasteiger partial charge >= 0.3 is 0 Å². The number of alkyl halides is 2. The lowest BCUT2D eigenvalue weighted by atomic mass is 9.99. The van der Waals surface area contributed by atoms with E-state index in [1.54, 1.807) is 0 Å². The van der Waals surface area contributed by atoms with Crippen LogP contribution in [0.3, 0.4) is 0 Å². The van der Waals surface area contributed by atoms with Gasteiger partial charge in [0.1, 0.15) is 0 Å². The Morgan fingerprint density at radius 2 is 0.929 bits per heavy atom. The van der Waals surface area contributed by atoms with Crippen molar-refractivity contribution in [1.29, 1.82) is 10.5 Å². The largest absolute Gasteiger partial charge is 0.310 e. The molecule has 0 N–H and O–H groups in total. The second-order valence-electron chi connectivity index (χ2n) is 13.1. The number of hydrogen-bond donors (Lipinski definition) is 0. The monoisotopic (exact) mass is 709 g/mol. The maximum atomic E-state index is 9.02. The van der Waals surface area contributed by atoms with Crippen molar-refractivity contribution >= 4 is 31.9 Å². The molecule has 0 radical (unpaired) electrons. The molecule has 3 fully saturated rings. The van der Waals surface area contributed by atoms with Crippen molar-refractivity contribution in [3.63, 3.8) is 0 Å². The molecule has 0 spiro atoms. The first-order valence-corrected chi connectivity index (χ1v) is 19.6. The Hall–Kier alpha value is -0.570. The van der Waals surface area contributed by atoms with Crippen LogP contribution in [0.4, 0.5) is 0 Å². The Kier molecular flexibility index (Phi) is 27.6. The third kappa shape index (κ3) is 24.8. The smallest absolute Gasteiger partial charge is 0.233 e. The molecule has 3 nitrogen and oxygen atoms in total. The molecule has 0 unspecified atom stereocenters. The van der Waals surface area contributed by atoms with Gasteiger partial charge in [0.05, 0.1) is 17.6 Å². The zero-order valence-corrected chi connectivity index (χ0v) is 29.6. The first kappa shape index (κ1) is 41.4. The van der Waals surface area contributed by atoms with Gasteiger partial charge in [-0.1, -0.05) is 148 Å². The van der Waals surface area contributed by atoms with Crippen LogP contribution in [0, 0.1) is 40.6 Å². The molecule has 0 aromatic heterocycles. The molecule has 3 aliphatic carbocycles. The molecule has 42 heavy (non-hydrogen) atoms. The van der Waals surface area contributed by atoms with Crippen LogP contribution >= 0.6 is 31.9 Å². The van der Waals surface area contributed by atoms with E-state index in [1.807, 2.05) is 0 Å². The SMILES string of the molecule is BrCCCCCCCCCCCCBr.C.N#CC1CC1.[C-]#[N+]C1(CCCCCCCCCCCCC2(C#N)CC2)CC1. The normalized spacial score (nSPS) is 16.6. The maximum absolute atomic E-state index is 9.02. The first-order valence-electron chi connectivity index (χ1n) is 17.4. The Bertz CT molecular complexity index is 684. The highest BCUT2D eigenvalue weighted by molar-refractivity contribution is 9.09. The molecule has 0 aliphatic heterocycles. The summed E-state index contributed by atoms with van der Waals surface area (Å²) in [5.41, 5.74) is 0.219. The predicted octanol–water partition coefficient (Wildman–Crippen LogP) is 13.7. The fraction of sp³-hybridized carbons (Fsp3) is 0.919. The molecule has 3 aliphatic rings. The lowest BCUT2D eigenvalue weighted by molar-refractivity contribution is 0.504. The summed E-state index contributed by atoms with van der Waals surface area (Å²) < 4.78 is 0. The third-order valence-electron chi connectivity index (χ3n) is 8.98. The highest BCUT2D eigenvalue weighted by Gasteiger charge is 2.49. The fourth-order valence-corrected chi connectivity index (χ4v) is 6.07. The summed E-state index contributed by atoms with van der Waals surface area (Å²) >= 11 is 6.93. The van der Waals surface area contributed by atoms with Crippen LogP contribution in [0.2, 0.25) is 0 Å². The van der Waals surface area contributed by atoms with E-state index in [9.17, 15) is 0 Å². The summed E-state index contributed by atoms with van der Waals surface area (Å²) in [6.07, 6.45) is 36.9. The molecule has 242 valence electrons. The van der Waals surface area contributed by atoms with E-state index in [4.69, 9.17) is 17.1 Å². The molecule has 0 saturated heterocycles. The Labute approximate surface area is 279 Å². The minimum Gasteiger partial charge on any atom is -0.310 e. The van der Waals surface area contributed by atoms with E-state index in [1.165, 1.54) is 139 Å². The van der Waals surface area contributed by atoms with Gasteiger partial charge in [0.2, 0.25) is 5.54 Å². The van der Waals surface area contributed by atoms with Crippen LogP contribution in [-0.4, -0.2) is 16.2 Å². The van der Waals surface area contributed by atoms with Gasteiger partial charge in [-0.3, -0.25) is 0 Å². The lowest BCUT2D eigenvalue weighted by Crippen LogP contribution is -2.00. The number of rotatable bonds is 24. The van der Waals surface area contributed by atoms with Gasteiger partial charge in [0.15, 0.2) is 0 Å². The van der Waals surface area contributed by atoms with Crippen molar-refractivity contribution in [2.24, 2.45) is 11.3 Å². The van der Waals surface area contributed by atoms with Crippen molar-refractivity contribution in [1.82, 2.24) is 0 Å². The van der Waals surface area contributed by atoms with Gasteiger partial charge in [-0.2, -0.15) is 10.5 Å². The van der Waals surface area contributed by atoms with Crippen molar-refractivity contribution in [3.8, 4) is 12.1 Å². The molecule has 3 rings (SSSR count). The van der Waals surface area contributed by atoms with Crippen molar-refractivity contribution < 1.29 is 0 Å². The van der Waals surface area contributed by atoms with Crippen molar-refractivity contribution in [2.75, 3.05) is 10.7 Å². The number of halogens is 2. The Morgan fingerprint density at radius 3 is 1.17 bits per heavy atom. The van der Waals surface area contributed by atoms with E-state index in [0.717, 1.165) is 51.4 Å². The number of unbranched alkanes of at least 4 members (excludes halogenated alkanes) is 18. The molecule has 0 atom stereocenters. The standard InChI is InChI=1S/C20H32N2.C12H24Br2.C4H5N.CH4/c1-22-20(16-17-20)13-11-9-7-5-3-2-4-6-8-10-12-19(18-21)14-15-19;13-11-9-7-5-3-1-2-4-6-8-10-12-14;5-3-4-1-2-4;/h2-17H2;1-12H2;4H,1-2H2;1H4.